The van der Waals surface area contributed by atoms with Gasteiger partial charge >= 0.3 is 0 Å². The van der Waals surface area contributed by atoms with Gasteiger partial charge in [0.05, 0.1) is 13.0 Å². The molecule has 0 radical (unpaired) electrons. The zero-order chi connectivity index (χ0) is 9.97. The number of hydrogen-bond acceptors (Lipinski definition) is 4. The third-order valence-electron chi connectivity index (χ3n) is 2.01. The normalized spacial score (nSPS) is 10.7. The summed E-state index contributed by atoms with van der Waals surface area (Å²) in [5.41, 5.74) is 5.40. The first-order valence-electron chi connectivity index (χ1n) is 4.36. The van der Waals surface area contributed by atoms with E-state index in [0.717, 1.165) is 11.6 Å². The highest BCUT2D eigenvalue weighted by Crippen LogP contribution is 2.01. The van der Waals surface area contributed by atoms with Crippen molar-refractivity contribution in [2.75, 3.05) is 0 Å². The molecule has 74 valence electrons. The second-order valence-corrected chi connectivity index (χ2v) is 3.03. The molecule has 2 aromatic heterocycles. The fourth-order valence-corrected chi connectivity index (χ4v) is 1.22. The smallest absolute Gasteiger partial charge is 0.164 e. The van der Waals surface area contributed by atoms with E-state index in [2.05, 4.69) is 20.2 Å². The molecule has 0 aliphatic heterocycles. The fraction of sp³-hybridized carbons (Fsp3) is 0.375. The van der Waals surface area contributed by atoms with Gasteiger partial charge in [-0.3, -0.25) is 5.10 Å². The Bertz CT molecular complexity index is 415. The molecule has 0 aromatic carbocycles. The maximum Gasteiger partial charge on any atom is 0.164 e. The lowest BCUT2D eigenvalue weighted by molar-refractivity contribution is 0.797. The van der Waals surface area contributed by atoms with E-state index in [1.807, 2.05) is 17.8 Å². The Kier molecular flexibility index (Phi) is 2.28. The summed E-state index contributed by atoms with van der Waals surface area (Å²) in [5.74, 6) is 2.37. The Labute approximate surface area is 81.2 Å². The van der Waals surface area contributed by atoms with Crippen molar-refractivity contribution < 1.29 is 0 Å². The number of aromatic amines is 1. The maximum atomic E-state index is 5.40. The summed E-state index contributed by atoms with van der Waals surface area (Å²) < 4.78 is 1.95. The largest absolute Gasteiger partial charge is 0.338 e. The van der Waals surface area contributed by atoms with Crippen LogP contribution in [0, 0.1) is 0 Å². The van der Waals surface area contributed by atoms with Gasteiger partial charge in [-0.1, -0.05) is 0 Å². The lowest BCUT2D eigenvalue weighted by Crippen LogP contribution is -2.01. The van der Waals surface area contributed by atoms with Gasteiger partial charge in [-0.15, -0.1) is 0 Å². The van der Waals surface area contributed by atoms with E-state index < -0.39 is 0 Å². The van der Waals surface area contributed by atoms with E-state index in [4.69, 9.17) is 5.73 Å². The molecular weight excluding hydrogens is 180 g/mol. The Hall–Kier alpha value is -1.69. The van der Waals surface area contributed by atoms with Crippen LogP contribution in [0.4, 0.5) is 0 Å². The molecule has 0 amide bonds. The molecule has 6 nitrogen and oxygen atoms in total. The quantitative estimate of drug-likeness (QED) is 0.692. The Balaban J connectivity index is 2.15. The van der Waals surface area contributed by atoms with Gasteiger partial charge in [-0.25, -0.2) is 9.97 Å². The topological polar surface area (TPSA) is 85.4 Å². The Morgan fingerprint density at radius 1 is 1.57 bits per heavy atom. The summed E-state index contributed by atoms with van der Waals surface area (Å²) in [6, 6.07) is 0. The van der Waals surface area contributed by atoms with Crippen LogP contribution < -0.4 is 5.73 Å². The first kappa shape index (κ1) is 8.89. The number of H-pyrrole nitrogens is 1. The average molecular weight is 192 g/mol. The molecule has 0 aliphatic carbocycles. The Morgan fingerprint density at radius 2 is 2.43 bits per heavy atom. The summed E-state index contributed by atoms with van der Waals surface area (Å²) in [6.45, 7) is 0.358. The van der Waals surface area contributed by atoms with Crippen LogP contribution in [-0.2, 0) is 20.0 Å². The molecule has 0 aliphatic rings. The molecule has 3 N–H and O–H groups in total. The second kappa shape index (κ2) is 3.59. The third kappa shape index (κ3) is 1.64. The second-order valence-electron chi connectivity index (χ2n) is 3.03. The highest BCUT2D eigenvalue weighted by atomic mass is 15.2. The third-order valence-corrected chi connectivity index (χ3v) is 2.01. The lowest BCUT2D eigenvalue weighted by atomic mass is 10.4. The molecule has 2 aromatic rings. The van der Waals surface area contributed by atoms with Crippen LogP contribution in [0.25, 0.3) is 0 Å². The van der Waals surface area contributed by atoms with Crippen molar-refractivity contribution in [1.29, 1.82) is 0 Å². The molecule has 0 saturated carbocycles. The van der Waals surface area contributed by atoms with Crippen LogP contribution in [0.2, 0.25) is 0 Å². The number of nitrogens with two attached hydrogens (primary N) is 1. The van der Waals surface area contributed by atoms with Gasteiger partial charge < -0.3 is 10.3 Å². The molecule has 0 unspecified atom stereocenters. The summed E-state index contributed by atoms with van der Waals surface area (Å²) >= 11 is 0. The number of aryl methyl sites for hydroxylation is 1. The van der Waals surface area contributed by atoms with Gasteiger partial charge in [0.2, 0.25) is 0 Å². The van der Waals surface area contributed by atoms with Gasteiger partial charge in [0.15, 0.2) is 5.82 Å². The minimum absolute atomic E-state index is 0.358. The molecule has 2 heterocycles. The van der Waals surface area contributed by atoms with E-state index in [-0.39, 0.29) is 0 Å². The summed E-state index contributed by atoms with van der Waals surface area (Å²) in [6.07, 6.45) is 4.31. The number of hydrogen-bond donors (Lipinski definition) is 2. The van der Waals surface area contributed by atoms with E-state index >= 15 is 0 Å². The highest BCUT2D eigenvalue weighted by molar-refractivity contribution is 5.02. The van der Waals surface area contributed by atoms with Crippen molar-refractivity contribution in [2.45, 2.75) is 13.0 Å². The molecule has 0 spiro atoms. The standard InChI is InChI=1S/C8H12N6/c1-14-3-2-10-8(14)4-6-11-7(5-9)13-12-6/h2-3H,4-5,9H2,1H3,(H,11,12,13). The van der Waals surface area contributed by atoms with E-state index in [1.54, 1.807) is 6.20 Å². The highest BCUT2D eigenvalue weighted by Gasteiger charge is 2.05. The van der Waals surface area contributed by atoms with Crippen molar-refractivity contribution in [2.24, 2.45) is 12.8 Å². The molecule has 2 rings (SSSR count). The lowest BCUT2D eigenvalue weighted by Gasteiger charge is -1.96. The van der Waals surface area contributed by atoms with Gasteiger partial charge in [-0.2, -0.15) is 5.10 Å². The van der Waals surface area contributed by atoms with Crippen LogP contribution in [0.3, 0.4) is 0 Å². The van der Waals surface area contributed by atoms with Gasteiger partial charge in [0, 0.05) is 19.4 Å². The monoisotopic (exact) mass is 192 g/mol. The molecule has 0 fully saturated rings. The SMILES string of the molecule is Cn1ccnc1Cc1nc(CN)n[nH]1. The number of rotatable bonds is 3. The molecule has 6 heteroatoms. The van der Waals surface area contributed by atoms with Gasteiger partial charge in [-0.05, 0) is 0 Å². The minimum atomic E-state index is 0.358. The summed E-state index contributed by atoms with van der Waals surface area (Å²) in [5, 5.41) is 6.77. The molecular formula is C8H12N6. The average Bonchev–Trinajstić information content (AvgIpc) is 2.77. The predicted octanol–water partition coefficient (Wildman–Crippen LogP) is -0.412. The van der Waals surface area contributed by atoms with Crippen LogP contribution >= 0.6 is 0 Å². The van der Waals surface area contributed by atoms with Gasteiger partial charge in [0.1, 0.15) is 11.6 Å². The number of imidazole rings is 1. The molecule has 0 bridgehead atoms. The van der Waals surface area contributed by atoms with E-state index in [9.17, 15) is 0 Å². The zero-order valence-corrected chi connectivity index (χ0v) is 7.94. The maximum absolute atomic E-state index is 5.40. The van der Waals surface area contributed by atoms with Crippen molar-refractivity contribution in [3.63, 3.8) is 0 Å². The summed E-state index contributed by atoms with van der Waals surface area (Å²) in [7, 11) is 1.95. The Morgan fingerprint density at radius 3 is 3.00 bits per heavy atom. The predicted molar refractivity (Wildman–Crippen MR) is 50.3 cm³/mol. The fourth-order valence-electron chi connectivity index (χ4n) is 1.22. The first-order chi connectivity index (χ1) is 6.79. The van der Waals surface area contributed by atoms with Crippen LogP contribution in [-0.4, -0.2) is 24.7 Å². The van der Waals surface area contributed by atoms with Crippen molar-refractivity contribution in [3.05, 3.63) is 29.9 Å². The van der Waals surface area contributed by atoms with Crippen molar-refractivity contribution >= 4 is 0 Å². The first-order valence-corrected chi connectivity index (χ1v) is 4.36. The van der Waals surface area contributed by atoms with Crippen LogP contribution in [0.15, 0.2) is 12.4 Å². The van der Waals surface area contributed by atoms with Crippen molar-refractivity contribution in [1.82, 2.24) is 24.7 Å². The number of aromatic nitrogens is 5. The molecule has 0 atom stereocenters. The van der Waals surface area contributed by atoms with E-state index in [1.165, 1.54) is 0 Å². The number of nitrogens with zero attached hydrogens (tertiary/aromatic N) is 4. The zero-order valence-electron chi connectivity index (χ0n) is 7.94. The van der Waals surface area contributed by atoms with Crippen LogP contribution in [0.5, 0.6) is 0 Å². The van der Waals surface area contributed by atoms with Crippen LogP contribution in [0.1, 0.15) is 17.5 Å². The van der Waals surface area contributed by atoms with Crippen molar-refractivity contribution in [3.8, 4) is 0 Å². The molecule has 0 saturated heterocycles. The van der Waals surface area contributed by atoms with E-state index in [0.29, 0.717) is 18.8 Å². The molecule has 14 heavy (non-hydrogen) atoms. The minimum Gasteiger partial charge on any atom is -0.338 e. The van der Waals surface area contributed by atoms with Gasteiger partial charge in [0.25, 0.3) is 0 Å². The summed E-state index contributed by atoms with van der Waals surface area (Å²) in [4.78, 5) is 8.39. The number of nitrogens with one attached hydrogen (secondary N) is 1.